The molecule has 2 rings (SSSR count). The molecule has 4 nitrogen and oxygen atoms in total. The van der Waals surface area contributed by atoms with Crippen LogP contribution in [0.3, 0.4) is 0 Å². The SMILES string of the molecule is [2H]/C(=C1/NC(=O)OC1(CCc1ccccc1)OCC)C(C)(C)C. The molecule has 22 heavy (non-hydrogen) atoms. The highest BCUT2D eigenvalue weighted by molar-refractivity contribution is 5.74. The zero-order chi connectivity index (χ0) is 17.1. The largest absolute Gasteiger partial charge is 0.414 e. The van der Waals surface area contributed by atoms with Crippen LogP contribution < -0.4 is 5.32 Å². The van der Waals surface area contributed by atoms with E-state index in [1.807, 2.05) is 58.0 Å². The molecule has 1 atom stereocenters. The Morgan fingerprint density at radius 3 is 2.64 bits per heavy atom. The van der Waals surface area contributed by atoms with Gasteiger partial charge in [-0.05, 0) is 24.3 Å². The fraction of sp³-hybridized carbons (Fsp3) is 0.500. The van der Waals surface area contributed by atoms with Crippen molar-refractivity contribution in [1.82, 2.24) is 5.32 Å². The Hall–Kier alpha value is -1.81. The Morgan fingerprint density at radius 2 is 2.05 bits per heavy atom. The summed E-state index contributed by atoms with van der Waals surface area (Å²) in [4.78, 5) is 11.9. The molecular weight excluding hydrogens is 278 g/mol. The van der Waals surface area contributed by atoms with Gasteiger partial charge in [-0.25, -0.2) is 4.79 Å². The first kappa shape index (κ1) is 15.1. The number of benzene rings is 1. The number of nitrogens with one attached hydrogen (secondary N) is 1. The van der Waals surface area contributed by atoms with Gasteiger partial charge in [-0.3, -0.25) is 5.32 Å². The highest BCUT2D eigenvalue weighted by Gasteiger charge is 2.46. The Kier molecular flexibility index (Phi) is 4.48. The molecule has 0 bridgehead atoms. The minimum atomic E-state index is -1.20. The molecule has 0 aromatic heterocycles. The lowest BCUT2D eigenvalue weighted by atomic mass is 9.92. The van der Waals surface area contributed by atoms with E-state index < -0.39 is 17.3 Å². The molecule has 1 aliphatic heterocycles. The Morgan fingerprint density at radius 1 is 1.36 bits per heavy atom. The lowest BCUT2D eigenvalue weighted by Crippen LogP contribution is -2.36. The lowest BCUT2D eigenvalue weighted by Gasteiger charge is -2.29. The van der Waals surface area contributed by atoms with Gasteiger partial charge >= 0.3 is 6.09 Å². The van der Waals surface area contributed by atoms with E-state index >= 15 is 0 Å². The summed E-state index contributed by atoms with van der Waals surface area (Å²) in [5.41, 5.74) is 1.15. The first-order valence-electron chi connectivity index (χ1n) is 8.18. The maximum absolute atomic E-state index is 11.9. The number of amides is 1. The van der Waals surface area contributed by atoms with Gasteiger partial charge in [0.25, 0.3) is 5.79 Å². The molecule has 0 saturated carbocycles. The average Bonchev–Trinajstić information content (AvgIpc) is 2.82. The van der Waals surface area contributed by atoms with Crippen molar-refractivity contribution in [3.8, 4) is 0 Å². The number of aryl methyl sites for hydroxylation is 1. The number of allylic oxidation sites excluding steroid dienone is 1. The fourth-order valence-corrected chi connectivity index (χ4v) is 2.46. The summed E-state index contributed by atoms with van der Waals surface area (Å²) in [6.07, 6.45) is 0.601. The molecule has 1 fully saturated rings. The monoisotopic (exact) mass is 304 g/mol. The van der Waals surface area contributed by atoms with Crippen molar-refractivity contribution in [1.29, 1.82) is 0 Å². The topological polar surface area (TPSA) is 47.6 Å². The van der Waals surface area contributed by atoms with Crippen LogP contribution in [0.15, 0.2) is 42.1 Å². The van der Waals surface area contributed by atoms with E-state index in [0.717, 1.165) is 5.56 Å². The third kappa shape index (κ3) is 4.10. The van der Waals surface area contributed by atoms with Crippen molar-refractivity contribution in [3.05, 3.63) is 47.6 Å². The summed E-state index contributed by atoms with van der Waals surface area (Å²) in [5.74, 6) is -1.20. The van der Waals surface area contributed by atoms with E-state index in [0.29, 0.717) is 31.2 Å². The minimum Gasteiger partial charge on any atom is -0.411 e. The van der Waals surface area contributed by atoms with Crippen LogP contribution in [-0.4, -0.2) is 18.5 Å². The Labute approximate surface area is 133 Å². The molecule has 4 heteroatoms. The van der Waals surface area contributed by atoms with Crippen molar-refractivity contribution in [2.24, 2.45) is 5.41 Å². The second-order valence-electron chi connectivity index (χ2n) is 6.44. The van der Waals surface area contributed by atoms with E-state index in [-0.39, 0.29) is 0 Å². The first-order valence-corrected chi connectivity index (χ1v) is 7.68. The van der Waals surface area contributed by atoms with Gasteiger partial charge in [0.15, 0.2) is 0 Å². The van der Waals surface area contributed by atoms with Gasteiger partial charge in [0, 0.05) is 13.0 Å². The normalized spacial score (nSPS) is 24.5. The predicted molar refractivity (Wildman–Crippen MR) is 86.3 cm³/mol. The van der Waals surface area contributed by atoms with E-state index in [1.54, 1.807) is 0 Å². The van der Waals surface area contributed by atoms with Gasteiger partial charge in [-0.15, -0.1) is 0 Å². The number of hydrogen-bond acceptors (Lipinski definition) is 3. The predicted octanol–water partition coefficient (Wildman–Crippen LogP) is 4.02. The number of alkyl carbamates (subject to hydrolysis) is 1. The maximum Gasteiger partial charge on any atom is 0.414 e. The zero-order valence-corrected chi connectivity index (χ0v) is 13.7. The molecule has 1 aromatic carbocycles. The fourth-order valence-electron chi connectivity index (χ4n) is 2.46. The van der Waals surface area contributed by atoms with Crippen LogP contribution in [0.4, 0.5) is 4.79 Å². The van der Waals surface area contributed by atoms with Crippen LogP contribution in [-0.2, 0) is 15.9 Å². The first-order chi connectivity index (χ1) is 10.8. The third-order valence-electron chi connectivity index (χ3n) is 3.33. The molecule has 1 saturated heterocycles. The summed E-state index contributed by atoms with van der Waals surface area (Å²) in [5, 5.41) is 2.68. The van der Waals surface area contributed by atoms with Gasteiger partial charge in [0.1, 0.15) is 0 Å². The molecule has 1 amide bonds. The molecule has 0 radical (unpaired) electrons. The smallest absolute Gasteiger partial charge is 0.411 e. The van der Waals surface area contributed by atoms with E-state index in [2.05, 4.69) is 5.32 Å². The van der Waals surface area contributed by atoms with Crippen molar-refractivity contribution < 1.29 is 15.6 Å². The summed E-state index contributed by atoms with van der Waals surface area (Å²) in [6, 6.07) is 10.3. The van der Waals surface area contributed by atoms with Gasteiger partial charge in [0.05, 0.1) is 7.07 Å². The standard InChI is InChI=1S/C18H25NO3/c1-5-21-18(12-11-14-9-7-6-8-10-14)15(13-17(2,3)4)19-16(20)22-18/h6-10,13H,5,11-12H2,1-4H3,(H,19,20)/b15-13-/i13D. The summed E-state index contributed by atoms with van der Waals surface area (Å²) < 4.78 is 19.8. The van der Waals surface area contributed by atoms with Crippen LogP contribution in [0.5, 0.6) is 0 Å². The minimum absolute atomic E-state index is 0.324. The Bertz CT molecular complexity index is 592. The average molecular weight is 304 g/mol. The molecule has 1 heterocycles. The number of hydrogen-bond donors (Lipinski definition) is 1. The molecule has 1 aromatic rings. The van der Waals surface area contributed by atoms with E-state index in [1.165, 1.54) is 0 Å². The molecule has 1 unspecified atom stereocenters. The van der Waals surface area contributed by atoms with E-state index in [4.69, 9.17) is 10.8 Å². The number of rotatable bonds is 5. The Balaban J connectivity index is 2.34. The van der Waals surface area contributed by atoms with Crippen molar-refractivity contribution >= 4 is 6.09 Å². The molecular formula is C18H25NO3. The highest BCUT2D eigenvalue weighted by atomic mass is 16.7. The van der Waals surface area contributed by atoms with Crippen LogP contribution >= 0.6 is 0 Å². The molecule has 0 spiro atoms. The number of carbonyl (C=O) groups is 1. The van der Waals surface area contributed by atoms with Crippen LogP contribution in [0.25, 0.3) is 0 Å². The second-order valence-corrected chi connectivity index (χ2v) is 6.44. The molecule has 120 valence electrons. The van der Waals surface area contributed by atoms with Gasteiger partial charge in [-0.1, -0.05) is 57.2 Å². The number of ether oxygens (including phenoxy) is 2. The van der Waals surface area contributed by atoms with E-state index in [9.17, 15) is 4.79 Å². The lowest BCUT2D eigenvalue weighted by molar-refractivity contribution is -0.161. The summed E-state index contributed by atoms with van der Waals surface area (Å²) in [6.45, 7) is 8.04. The van der Waals surface area contributed by atoms with Crippen molar-refractivity contribution in [2.75, 3.05) is 6.61 Å². The van der Waals surface area contributed by atoms with Crippen LogP contribution in [0.1, 0.15) is 41.0 Å². The number of cyclic esters (lactones) is 1. The molecule has 1 N–H and O–H groups in total. The van der Waals surface area contributed by atoms with Gasteiger partial charge in [0.2, 0.25) is 0 Å². The molecule has 0 aliphatic carbocycles. The third-order valence-corrected chi connectivity index (χ3v) is 3.33. The summed E-state index contributed by atoms with van der Waals surface area (Å²) in [7, 11) is 0. The van der Waals surface area contributed by atoms with Gasteiger partial charge < -0.3 is 9.47 Å². The van der Waals surface area contributed by atoms with Gasteiger partial charge in [-0.2, -0.15) is 0 Å². The van der Waals surface area contributed by atoms with Crippen molar-refractivity contribution in [2.45, 2.75) is 46.3 Å². The molecule has 1 aliphatic rings. The number of carbonyl (C=O) groups excluding carboxylic acids is 1. The quantitative estimate of drug-likeness (QED) is 0.893. The second kappa shape index (κ2) is 6.53. The van der Waals surface area contributed by atoms with Crippen LogP contribution in [0, 0.1) is 5.41 Å². The zero-order valence-electron chi connectivity index (χ0n) is 14.7. The maximum atomic E-state index is 11.9. The highest BCUT2D eigenvalue weighted by Crippen LogP contribution is 2.35. The summed E-state index contributed by atoms with van der Waals surface area (Å²) >= 11 is 0. The van der Waals surface area contributed by atoms with Crippen molar-refractivity contribution in [3.63, 3.8) is 0 Å². The van der Waals surface area contributed by atoms with Crippen LogP contribution in [0.2, 0.25) is 0 Å².